The van der Waals surface area contributed by atoms with Gasteiger partial charge in [0.2, 0.25) is 0 Å². The molecule has 0 radical (unpaired) electrons. The van der Waals surface area contributed by atoms with E-state index in [1.54, 1.807) is 0 Å². The van der Waals surface area contributed by atoms with Crippen molar-refractivity contribution in [2.75, 3.05) is 0 Å². The molecule has 4 nitrogen and oxygen atoms in total. The van der Waals surface area contributed by atoms with Gasteiger partial charge in [-0.05, 0) is 0 Å². The van der Waals surface area contributed by atoms with Gasteiger partial charge in [-0.2, -0.15) is 0 Å². The van der Waals surface area contributed by atoms with Crippen molar-refractivity contribution in [2.24, 2.45) is 0 Å². The fourth-order valence-electron chi connectivity index (χ4n) is 1.41. The third-order valence-electron chi connectivity index (χ3n) is 2.18. The first-order valence-electron chi connectivity index (χ1n) is 4.90. The third kappa shape index (κ3) is 2.24. The van der Waals surface area contributed by atoms with Crippen molar-refractivity contribution in [1.29, 1.82) is 0 Å². The van der Waals surface area contributed by atoms with Crippen LogP contribution >= 0.6 is 11.3 Å². The first-order valence-corrected chi connectivity index (χ1v) is 5.71. The molecule has 0 saturated heterocycles. The molecule has 2 rings (SSSR count). The monoisotopic (exact) mass is 247 g/mol. The Bertz CT molecular complexity index is 543. The summed E-state index contributed by atoms with van der Waals surface area (Å²) in [5, 5.41) is 9.54. The van der Waals surface area contributed by atoms with Crippen molar-refractivity contribution in [3.63, 3.8) is 0 Å². The third-order valence-corrected chi connectivity index (χ3v) is 3.27. The molecule has 5 heteroatoms. The van der Waals surface area contributed by atoms with E-state index in [-0.39, 0.29) is 16.4 Å². The molecule has 1 aromatic heterocycles. The van der Waals surface area contributed by atoms with Crippen LogP contribution in [0.1, 0.15) is 27.1 Å². The molecular weight excluding hydrogens is 238 g/mol. The zero-order valence-corrected chi connectivity index (χ0v) is 9.82. The first-order chi connectivity index (χ1) is 8.09. The van der Waals surface area contributed by atoms with Crippen LogP contribution in [0.25, 0.3) is 10.6 Å². The lowest BCUT2D eigenvalue weighted by atomic mass is 10.2. The van der Waals surface area contributed by atoms with Crippen LogP contribution < -0.4 is 0 Å². The number of thiazole rings is 1. The number of hydrogen-bond acceptors (Lipinski definition) is 4. The number of benzene rings is 1. The topological polar surface area (TPSA) is 67.3 Å². The van der Waals surface area contributed by atoms with E-state index in [9.17, 15) is 9.59 Å². The molecule has 0 spiro atoms. The minimum atomic E-state index is -1.12. The molecule has 86 valence electrons. The highest BCUT2D eigenvalue weighted by molar-refractivity contribution is 7.17. The van der Waals surface area contributed by atoms with Gasteiger partial charge in [-0.3, -0.25) is 4.79 Å². The lowest BCUT2D eigenvalue weighted by molar-refractivity contribution is 0.0697. The molecule has 2 aromatic rings. The Balaban J connectivity index is 2.55. The molecule has 0 atom stereocenters. The minimum absolute atomic E-state index is 0.00338. The molecule has 17 heavy (non-hydrogen) atoms. The summed E-state index contributed by atoms with van der Waals surface area (Å²) in [5.74, 6) is -1.45. The number of carboxylic acid groups (broad SMARTS) is 1. The summed E-state index contributed by atoms with van der Waals surface area (Å²) < 4.78 is 0. The van der Waals surface area contributed by atoms with Crippen LogP contribution in [0, 0.1) is 0 Å². The molecule has 1 N–H and O–H groups in total. The number of Topliss-reactive ketones (excluding diaryl/α,β-unsaturated/α-hetero) is 1. The van der Waals surface area contributed by atoms with Crippen LogP contribution in [0.5, 0.6) is 0 Å². The highest BCUT2D eigenvalue weighted by Crippen LogP contribution is 2.28. The number of aromatic nitrogens is 1. The maximum absolute atomic E-state index is 11.3. The zero-order valence-electron chi connectivity index (χ0n) is 9.01. The number of carboxylic acids is 1. The SMILES string of the molecule is CC(=O)c1nc(-c2ccccc2)sc1C(=O)O. The zero-order chi connectivity index (χ0) is 12.4. The number of hydrogen-bond donors (Lipinski definition) is 1. The second kappa shape index (κ2) is 4.47. The van der Waals surface area contributed by atoms with Crippen LogP contribution in [-0.2, 0) is 0 Å². The second-order valence-electron chi connectivity index (χ2n) is 3.42. The lowest BCUT2D eigenvalue weighted by Gasteiger charge is -1.92. The van der Waals surface area contributed by atoms with Crippen molar-refractivity contribution in [3.05, 3.63) is 40.9 Å². The van der Waals surface area contributed by atoms with Crippen molar-refractivity contribution in [1.82, 2.24) is 4.98 Å². The van der Waals surface area contributed by atoms with E-state index in [4.69, 9.17) is 5.11 Å². The maximum atomic E-state index is 11.3. The molecular formula is C12H9NO3S. The summed E-state index contributed by atoms with van der Waals surface area (Å²) in [5.41, 5.74) is 0.842. The van der Waals surface area contributed by atoms with Gasteiger partial charge in [0, 0.05) is 12.5 Å². The van der Waals surface area contributed by atoms with Gasteiger partial charge >= 0.3 is 5.97 Å². The van der Waals surface area contributed by atoms with Crippen LogP contribution in [0.2, 0.25) is 0 Å². The van der Waals surface area contributed by atoms with Gasteiger partial charge in [-0.1, -0.05) is 30.3 Å². The molecule has 0 saturated carbocycles. The lowest BCUT2D eigenvalue weighted by Crippen LogP contribution is -2.02. The Hall–Kier alpha value is -2.01. The van der Waals surface area contributed by atoms with E-state index in [1.165, 1.54) is 6.92 Å². The van der Waals surface area contributed by atoms with Crippen LogP contribution in [0.4, 0.5) is 0 Å². The predicted molar refractivity (Wildman–Crippen MR) is 64.5 cm³/mol. The number of carbonyl (C=O) groups is 2. The fraction of sp³-hybridized carbons (Fsp3) is 0.0833. The van der Waals surface area contributed by atoms with E-state index in [0.717, 1.165) is 16.9 Å². The molecule has 1 heterocycles. The van der Waals surface area contributed by atoms with Crippen LogP contribution in [0.3, 0.4) is 0 Å². The Morgan fingerprint density at radius 2 is 1.88 bits per heavy atom. The molecule has 0 aliphatic heterocycles. The van der Waals surface area contributed by atoms with Gasteiger partial charge in [0.1, 0.15) is 15.6 Å². The number of rotatable bonds is 3. The predicted octanol–water partition coefficient (Wildman–Crippen LogP) is 2.71. The average Bonchev–Trinajstić information content (AvgIpc) is 2.75. The fourth-order valence-corrected chi connectivity index (χ4v) is 2.37. The summed E-state index contributed by atoms with van der Waals surface area (Å²) in [6.07, 6.45) is 0. The Kier molecular flexibility index (Phi) is 3.01. The van der Waals surface area contributed by atoms with E-state index in [0.29, 0.717) is 5.01 Å². The van der Waals surface area contributed by atoms with Gasteiger partial charge in [0.05, 0.1) is 0 Å². The molecule has 0 aliphatic carbocycles. The van der Waals surface area contributed by atoms with Gasteiger partial charge in [-0.25, -0.2) is 9.78 Å². The highest BCUT2D eigenvalue weighted by Gasteiger charge is 2.20. The van der Waals surface area contributed by atoms with Crippen molar-refractivity contribution >= 4 is 23.1 Å². The quantitative estimate of drug-likeness (QED) is 0.847. The minimum Gasteiger partial charge on any atom is -0.477 e. The van der Waals surface area contributed by atoms with Crippen molar-refractivity contribution < 1.29 is 14.7 Å². The largest absolute Gasteiger partial charge is 0.477 e. The van der Waals surface area contributed by atoms with Gasteiger partial charge in [0.15, 0.2) is 5.78 Å². The van der Waals surface area contributed by atoms with Crippen molar-refractivity contribution in [2.45, 2.75) is 6.92 Å². The van der Waals surface area contributed by atoms with E-state index >= 15 is 0 Å². The average molecular weight is 247 g/mol. The van der Waals surface area contributed by atoms with Gasteiger partial charge in [0.25, 0.3) is 0 Å². The van der Waals surface area contributed by atoms with E-state index in [1.807, 2.05) is 30.3 Å². The van der Waals surface area contributed by atoms with Gasteiger partial charge in [-0.15, -0.1) is 11.3 Å². The Morgan fingerprint density at radius 3 is 2.35 bits per heavy atom. The summed E-state index contributed by atoms with van der Waals surface area (Å²) in [6, 6.07) is 9.19. The number of aromatic carboxylic acids is 1. The molecule has 1 aromatic carbocycles. The summed E-state index contributed by atoms with van der Waals surface area (Å²) >= 11 is 1.02. The highest BCUT2D eigenvalue weighted by atomic mass is 32.1. The van der Waals surface area contributed by atoms with Crippen molar-refractivity contribution in [3.8, 4) is 10.6 Å². The number of ketones is 1. The molecule has 0 unspecified atom stereocenters. The standard InChI is InChI=1S/C12H9NO3S/c1-7(14)9-10(12(15)16)17-11(13-9)8-5-3-2-4-6-8/h2-6H,1H3,(H,15,16). The summed E-state index contributed by atoms with van der Waals surface area (Å²) in [7, 11) is 0. The second-order valence-corrected chi connectivity index (χ2v) is 4.42. The maximum Gasteiger partial charge on any atom is 0.348 e. The summed E-state index contributed by atoms with van der Waals surface area (Å²) in [4.78, 5) is 26.4. The van der Waals surface area contributed by atoms with Gasteiger partial charge < -0.3 is 5.11 Å². The summed E-state index contributed by atoms with van der Waals surface area (Å²) in [6.45, 7) is 1.32. The van der Waals surface area contributed by atoms with E-state index < -0.39 is 5.97 Å². The molecule has 0 amide bonds. The molecule has 0 fully saturated rings. The Morgan fingerprint density at radius 1 is 1.24 bits per heavy atom. The smallest absolute Gasteiger partial charge is 0.348 e. The number of carbonyl (C=O) groups excluding carboxylic acids is 1. The number of nitrogens with zero attached hydrogens (tertiary/aromatic N) is 1. The Labute approximate surface area is 102 Å². The van der Waals surface area contributed by atoms with Crippen LogP contribution in [0.15, 0.2) is 30.3 Å². The van der Waals surface area contributed by atoms with Crippen LogP contribution in [-0.4, -0.2) is 21.8 Å². The molecule has 0 aliphatic rings. The normalized spacial score (nSPS) is 10.2. The van der Waals surface area contributed by atoms with E-state index in [2.05, 4.69) is 4.98 Å². The molecule has 0 bridgehead atoms. The first kappa shape index (κ1) is 11.5.